The highest BCUT2D eigenvalue weighted by Crippen LogP contribution is 2.39. The van der Waals surface area contributed by atoms with E-state index in [2.05, 4.69) is 16.4 Å². The van der Waals surface area contributed by atoms with Crippen LogP contribution >= 0.6 is 0 Å². The molecule has 0 saturated heterocycles. The Morgan fingerprint density at radius 3 is 1.86 bits per heavy atom. The van der Waals surface area contributed by atoms with E-state index in [0.717, 1.165) is 62.1 Å². The highest BCUT2D eigenvalue weighted by atomic mass is 19.4. The zero-order valence-corrected chi connectivity index (χ0v) is 15.6. The average Bonchev–Trinajstić information content (AvgIpc) is 2.62. The van der Waals surface area contributed by atoms with Gasteiger partial charge in [-0.3, -0.25) is 0 Å². The number of rotatable bonds is 5. The molecule has 29 heavy (non-hydrogen) atoms. The van der Waals surface area contributed by atoms with Crippen LogP contribution in [0.3, 0.4) is 0 Å². The molecule has 0 heterocycles. The second-order valence-electron chi connectivity index (χ2n) is 7.33. The molecule has 1 aliphatic rings. The van der Waals surface area contributed by atoms with Gasteiger partial charge >= 0.3 is 12.5 Å². The first-order valence-corrected chi connectivity index (χ1v) is 9.26. The van der Waals surface area contributed by atoms with Crippen LogP contribution in [0.25, 0.3) is 0 Å². The van der Waals surface area contributed by atoms with Gasteiger partial charge in [0.05, 0.1) is 5.56 Å². The van der Waals surface area contributed by atoms with Crippen molar-refractivity contribution in [1.82, 2.24) is 0 Å². The molecule has 0 radical (unpaired) electrons. The van der Waals surface area contributed by atoms with Gasteiger partial charge in [0, 0.05) is 0 Å². The first-order chi connectivity index (χ1) is 13.5. The van der Waals surface area contributed by atoms with Crippen molar-refractivity contribution < 1.29 is 35.8 Å². The van der Waals surface area contributed by atoms with E-state index in [4.69, 9.17) is 0 Å². The molecule has 0 atom stereocenters. The maximum Gasteiger partial charge on any atom is 0.573 e. The summed E-state index contributed by atoms with van der Waals surface area (Å²) in [5.41, 5.74) is -0.247. The predicted octanol–water partition coefficient (Wildman–Crippen LogP) is 7.15. The Morgan fingerprint density at radius 2 is 1.34 bits per heavy atom. The van der Waals surface area contributed by atoms with Gasteiger partial charge in [-0.15, -0.1) is 13.2 Å². The lowest BCUT2D eigenvalue weighted by Crippen LogP contribution is -2.24. The molecular formula is C21H20F6O2. The third-order valence-corrected chi connectivity index (χ3v) is 5.10. The van der Waals surface area contributed by atoms with Crippen molar-refractivity contribution in [3.05, 3.63) is 59.4 Å². The number of benzene rings is 2. The molecule has 0 bridgehead atoms. The normalized spacial score (nSPS) is 20.4. The number of halogens is 6. The molecule has 8 heteroatoms. The Labute approximate surface area is 164 Å². The Bertz CT molecular complexity index is 824. The zero-order chi connectivity index (χ0) is 21.2. The summed E-state index contributed by atoms with van der Waals surface area (Å²) < 4.78 is 87.9. The van der Waals surface area contributed by atoms with Crippen molar-refractivity contribution in [3.8, 4) is 11.5 Å². The van der Waals surface area contributed by atoms with Gasteiger partial charge in [0.25, 0.3) is 0 Å². The minimum absolute atomic E-state index is 0.144. The van der Waals surface area contributed by atoms with Crippen LogP contribution in [0.15, 0.2) is 42.5 Å². The summed E-state index contributed by atoms with van der Waals surface area (Å²) in [5, 5.41) is 0. The summed E-state index contributed by atoms with van der Waals surface area (Å²) in [4.78, 5) is 0. The van der Waals surface area contributed by atoms with Crippen molar-refractivity contribution in [2.24, 2.45) is 5.92 Å². The van der Waals surface area contributed by atoms with Gasteiger partial charge in [0.1, 0.15) is 17.3 Å². The molecule has 1 aliphatic carbocycles. The van der Waals surface area contributed by atoms with Crippen molar-refractivity contribution in [2.75, 3.05) is 0 Å². The summed E-state index contributed by atoms with van der Waals surface area (Å²) in [5.74, 6) is -1.32. The van der Waals surface area contributed by atoms with Crippen LogP contribution in [0.2, 0.25) is 0 Å². The standard InChI is InChI=1S/C21H20F6O2/c1-13-2-4-14(5-3-13)15-6-11-18(19(22)12-15)20(23,24)28-16-7-9-17(10-8-16)29-21(25,26)27/h6-14H,2-5H2,1H3. The van der Waals surface area contributed by atoms with Gasteiger partial charge in [-0.2, -0.15) is 8.78 Å². The lowest BCUT2D eigenvalue weighted by Gasteiger charge is -2.27. The smallest absolute Gasteiger partial charge is 0.429 e. The molecule has 0 aromatic heterocycles. The SMILES string of the molecule is CC1CCC(c2ccc(C(F)(F)Oc3ccc(OC(F)(F)F)cc3)c(F)c2)CC1. The molecule has 2 nitrogen and oxygen atoms in total. The molecule has 0 N–H and O–H groups in total. The minimum atomic E-state index is -4.90. The molecule has 158 valence electrons. The van der Waals surface area contributed by atoms with Crippen LogP contribution in [-0.2, 0) is 6.11 Å². The molecule has 1 fully saturated rings. The van der Waals surface area contributed by atoms with Crippen LogP contribution < -0.4 is 9.47 Å². The van der Waals surface area contributed by atoms with Crippen LogP contribution in [0.5, 0.6) is 11.5 Å². The Balaban J connectivity index is 1.72. The molecule has 0 unspecified atom stereocenters. The highest BCUT2D eigenvalue weighted by Gasteiger charge is 2.38. The fourth-order valence-electron chi connectivity index (χ4n) is 3.53. The van der Waals surface area contributed by atoms with E-state index in [9.17, 15) is 26.3 Å². The topological polar surface area (TPSA) is 18.5 Å². The molecule has 1 saturated carbocycles. The number of alkyl halides is 5. The first kappa shape index (κ1) is 21.3. The van der Waals surface area contributed by atoms with E-state index in [0.29, 0.717) is 11.5 Å². The van der Waals surface area contributed by atoms with E-state index in [-0.39, 0.29) is 5.92 Å². The number of ether oxygens (including phenoxy) is 2. The summed E-state index contributed by atoms with van der Waals surface area (Å²) in [6.07, 6.45) is -5.08. The molecule has 0 aliphatic heterocycles. The van der Waals surface area contributed by atoms with E-state index in [1.807, 2.05) is 0 Å². The maximum absolute atomic E-state index is 14.4. The van der Waals surface area contributed by atoms with Gasteiger partial charge in [0.15, 0.2) is 0 Å². The van der Waals surface area contributed by atoms with Gasteiger partial charge in [0.2, 0.25) is 0 Å². The zero-order valence-electron chi connectivity index (χ0n) is 15.6. The van der Waals surface area contributed by atoms with Gasteiger partial charge < -0.3 is 9.47 Å². The molecule has 2 aromatic carbocycles. The van der Waals surface area contributed by atoms with Gasteiger partial charge in [-0.25, -0.2) is 4.39 Å². The van der Waals surface area contributed by atoms with Gasteiger partial charge in [-0.05, 0) is 66.6 Å². The first-order valence-electron chi connectivity index (χ1n) is 9.26. The fourth-order valence-corrected chi connectivity index (χ4v) is 3.53. The van der Waals surface area contributed by atoms with E-state index in [1.165, 1.54) is 6.07 Å². The molecule has 3 rings (SSSR count). The quantitative estimate of drug-likeness (QED) is 0.480. The van der Waals surface area contributed by atoms with Crippen LogP contribution in [0.1, 0.15) is 49.7 Å². The largest absolute Gasteiger partial charge is 0.573 e. The third-order valence-electron chi connectivity index (χ3n) is 5.10. The lowest BCUT2D eigenvalue weighted by atomic mass is 9.79. The van der Waals surface area contributed by atoms with E-state index < -0.39 is 35.4 Å². The minimum Gasteiger partial charge on any atom is -0.429 e. The van der Waals surface area contributed by atoms with Gasteiger partial charge in [-0.1, -0.05) is 25.8 Å². The van der Waals surface area contributed by atoms with E-state index in [1.54, 1.807) is 0 Å². The lowest BCUT2D eigenvalue weighted by molar-refractivity contribution is -0.274. The maximum atomic E-state index is 14.4. The van der Waals surface area contributed by atoms with Crippen molar-refractivity contribution in [1.29, 1.82) is 0 Å². The second-order valence-corrected chi connectivity index (χ2v) is 7.33. The van der Waals surface area contributed by atoms with Crippen LogP contribution in [0.4, 0.5) is 26.3 Å². The second kappa shape index (κ2) is 8.16. The van der Waals surface area contributed by atoms with E-state index >= 15 is 0 Å². The average molecular weight is 418 g/mol. The number of hydrogen-bond donors (Lipinski definition) is 0. The van der Waals surface area contributed by atoms with Crippen LogP contribution in [-0.4, -0.2) is 6.36 Å². The Morgan fingerprint density at radius 1 is 0.793 bits per heavy atom. The summed E-state index contributed by atoms with van der Waals surface area (Å²) in [6, 6.07) is 7.06. The predicted molar refractivity (Wildman–Crippen MR) is 94.4 cm³/mol. The van der Waals surface area contributed by atoms with Crippen LogP contribution in [0, 0.1) is 11.7 Å². The summed E-state index contributed by atoms with van der Waals surface area (Å²) in [6.45, 7) is 2.15. The number of hydrogen-bond acceptors (Lipinski definition) is 2. The monoisotopic (exact) mass is 418 g/mol. The Hall–Kier alpha value is -2.38. The summed E-state index contributed by atoms with van der Waals surface area (Å²) in [7, 11) is 0. The Kier molecular flexibility index (Phi) is 6.00. The van der Waals surface area contributed by atoms with Crippen molar-refractivity contribution in [3.63, 3.8) is 0 Å². The van der Waals surface area contributed by atoms with Crippen molar-refractivity contribution >= 4 is 0 Å². The molecule has 2 aromatic rings. The molecule has 0 amide bonds. The third kappa shape index (κ3) is 5.58. The fraction of sp³-hybridized carbons (Fsp3) is 0.429. The molecular weight excluding hydrogens is 398 g/mol. The summed E-state index contributed by atoms with van der Waals surface area (Å²) >= 11 is 0. The molecule has 0 spiro atoms. The van der Waals surface area contributed by atoms with Crippen molar-refractivity contribution in [2.45, 2.75) is 51.0 Å². The highest BCUT2D eigenvalue weighted by molar-refractivity contribution is 5.34.